The molecule has 0 unspecified atom stereocenters. The lowest BCUT2D eigenvalue weighted by atomic mass is 10.4. The van der Waals surface area contributed by atoms with Gasteiger partial charge < -0.3 is 5.32 Å². The molecule has 0 saturated heterocycles. The van der Waals surface area contributed by atoms with Gasteiger partial charge in [-0.3, -0.25) is 0 Å². The molecule has 0 spiro atoms. The molecule has 1 N–H and O–H groups in total. The highest BCUT2D eigenvalue weighted by atomic mass is 35.5. The number of anilines is 1. The van der Waals surface area contributed by atoms with Crippen molar-refractivity contribution in [3.05, 3.63) is 45.9 Å². The molecule has 0 amide bonds. The van der Waals surface area contributed by atoms with E-state index in [-0.39, 0.29) is 0 Å². The summed E-state index contributed by atoms with van der Waals surface area (Å²) >= 11 is 7.44. The van der Waals surface area contributed by atoms with Crippen molar-refractivity contribution in [3.8, 4) is 0 Å². The van der Waals surface area contributed by atoms with E-state index in [9.17, 15) is 0 Å². The molecule has 0 aromatic carbocycles. The van der Waals surface area contributed by atoms with Gasteiger partial charge in [-0.15, -0.1) is 11.3 Å². The van der Waals surface area contributed by atoms with Crippen LogP contribution in [0.2, 0.25) is 4.34 Å². The molecule has 0 aliphatic heterocycles. The highest BCUT2D eigenvalue weighted by Gasteiger charge is 2.00. The van der Waals surface area contributed by atoms with Crippen LogP contribution >= 0.6 is 22.9 Å². The van der Waals surface area contributed by atoms with E-state index in [1.807, 2.05) is 30.5 Å². The molecule has 86 valence electrons. The third kappa shape index (κ3) is 2.25. The third-order valence-electron chi connectivity index (χ3n) is 2.33. The second kappa shape index (κ2) is 4.35. The van der Waals surface area contributed by atoms with Crippen molar-refractivity contribution in [1.29, 1.82) is 0 Å². The molecule has 3 aromatic heterocycles. The molecular formula is C11H9ClN4S. The first-order valence-electron chi connectivity index (χ1n) is 5.10. The molecule has 0 aliphatic carbocycles. The van der Waals surface area contributed by atoms with Gasteiger partial charge in [-0.05, 0) is 18.2 Å². The van der Waals surface area contributed by atoms with Crippen LogP contribution in [0.15, 0.2) is 36.7 Å². The number of rotatable bonds is 3. The van der Waals surface area contributed by atoms with E-state index in [1.165, 1.54) is 4.88 Å². The van der Waals surface area contributed by atoms with Crippen LogP contribution in [0.1, 0.15) is 4.88 Å². The summed E-state index contributed by atoms with van der Waals surface area (Å²) in [6.07, 6.45) is 3.61. The lowest BCUT2D eigenvalue weighted by Crippen LogP contribution is -2.01. The monoisotopic (exact) mass is 264 g/mol. The molecule has 17 heavy (non-hydrogen) atoms. The minimum atomic E-state index is 0.731. The Morgan fingerprint density at radius 3 is 3.06 bits per heavy atom. The molecule has 0 bridgehead atoms. The fourth-order valence-electron chi connectivity index (χ4n) is 1.54. The molecule has 0 fully saturated rings. The van der Waals surface area contributed by atoms with Gasteiger partial charge in [0.1, 0.15) is 5.82 Å². The van der Waals surface area contributed by atoms with Crippen molar-refractivity contribution in [2.75, 3.05) is 5.32 Å². The maximum Gasteiger partial charge on any atom is 0.157 e. The van der Waals surface area contributed by atoms with Crippen molar-refractivity contribution in [2.45, 2.75) is 6.54 Å². The Hall–Kier alpha value is -1.59. The highest BCUT2D eigenvalue weighted by Crippen LogP contribution is 2.22. The lowest BCUT2D eigenvalue weighted by Gasteiger charge is -2.03. The fraction of sp³-hybridized carbons (Fsp3) is 0.0909. The zero-order chi connectivity index (χ0) is 11.7. The molecular weight excluding hydrogens is 256 g/mol. The van der Waals surface area contributed by atoms with Gasteiger partial charge in [0.15, 0.2) is 5.65 Å². The van der Waals surface area contributed by atoms with Crippen LogP contribution in [-0.4, -0.2) is 14.6 Å². The highest BCUT2D eigenvalue weighted by molar-refractivity contribution is 7.16. The van der Waals surface area contributed by atoms with Crippen molar-refractivity contribution >= 4 is 34.4 Å². The Bertz CT molecular complexity index is 646. The van der Waals surface area contributed by atoms with Crippen molar-refractivity contribution in [3.63, 3.8) is 0 Å². The SMILES string of the molecule is Clc1ccc(CNc2ccn3nccc3n2)s1. The van der Waals surface area contributed by atoms with Crippen LogP contribution in [0.5, 0.6) is 0 Å². The molecule has 4 nitrogen and oxygen atoms in total. The van der Waals surface area contributed by atoms with E-state index < -0.39 is 0 Å². The van der Waals surface area contributed by atoms with Gasteiger partial charge >= 0.3 is 0 Å². The maximum atomic E-state index is 5.87. The van der Waals surface area contributed by atoms with Crippen LogP contribution in [0.25, 0.3) is 5.65 Å². The number of halogens is 1. The first-order chi connectivity index (χ1) is 8.31. The zero-order valence-electron chi connectivity index (χ0n) is 8.80. The van der Waals surface area contributed by atoms with E-state index >= 15 is 0 Å². The van der Waals surface area contributed by atoms with Gasteiger partial charge in [-0.25, -0.2) is 9.50 Å². The fourth-order valence-corrected chi connectivity index (χ4v) is 2.56. The van der Waals surface area contributed by atoms with E-state index in [0.717, 1.165) is 22.3 Å². The molecule has 6 heteroatoms. The minimum Gasteiger partial charge on any atom is -0.365 e. The lowest BCUT2D eigenvalue weighted by molar-refractivity contribution is 0.937. The topological polar surface area (TPSA) is 42.2 Å². The van der Waals surface area contributed by atoms with Crippen molar-refractivity contribution < 1.29 is 0 Å². The number of nitrogens with zero attached hydrogens (tertiary/aromatic N) is 3. The summed E-state index contributed by atoms with van der Waals surface area (Å²) in [4.78, 5) is 5.60. The molecule has 0 radical (unpaired) electrons. The number of nitrogens with one attached hydrogen (secondary N) is 1. The van der Waals surface area contributed by atoms with Crippen LogP contribution in [-0.2, 0) is 6.54 Å². The first-order valence-corrected chi connectivity index (χ1v) is 6.29. The number of fused-ring (bicyclic) bond motifs is 1. The zero-order valence-corrected chi connectivity index (χ0v) is 10.4. The van der Waals surface area contributed by atoms with E-state index in [4.69, 9.17) is 11.6 Å². The number of hydrogen-bond acceptors (Lipinski definition) is 4. The second-order valence-electron chi connectivity index (χ2n) is 3.51. The summed E-state index contributed by atoms with van der Waals surface area (Å²) in [7, 11) is 0. The van der Waals surface area contributed by atoms with Gasteiger partial charge in [0.2, 0.25) is 0 Å². The summed E-state index contributed by atoms with van der Waals surface area (Å²) in [6, 6.07) is 7.68. The summed E-state index contributed by atoms with van der Waals surface area (Å²) in [5, 5.41) is 7.35. The summed E-state index contributed by atoms with van der Waals surface area (Å²) in [5.41, 5.74) is 0.833. The predicted octanol–water partition coefficient (Wildman–Crippen LogP) is 3.06. The normalized spacial score (nSPS) is 10.9. The number of thiophene rings is 1. The van der Waals surface area contributed by atoms with Crippen LogP contribution in [0, 0.1) is 0 Å². The van der Waals surface area contributed by atoms with Crippen molar-refractivity contribution in [2.24, 2.45) is 0 Å². The van der Waals surface area contributed by atoms with Gasteiger partial charge in [0.25, 0.3) is 0 Å². The first kappa shape index (κ1) is 10.6. The maximum absolute atomic E-state index is 5.87. The summed E-state index contributed by atoms with van der Waals surface area (Å²) < 4.78 is 2.54. The Labute approximate surface area is 107 Å². The molecule has 3 aromatic rings. The van der Waals surface area contributed by atoms with Crippen molar-refractivity contribution in [1.82, 2.24) is 14.6 Å². The minimum absolute atomic E-state index is 0.731. The Morgan fingerprint density at radius 1 is 1.29 bits per heavy atom. The van der Waals surface area contributed by atoms with Gasteiger partial charge in [-0.1, -0.05) is 11.6 Å². The van der Waals surface area contributed by atoms with Gasteiger partial charge in [-0.2, -0.15) is 5.10 Å². The largest absolute Gasteiger partial charge is 0.365 e. The Balaban J connectivity index is 1.76. The second-order valence-corrected chi connectivity index (χ2v) is 5.31. The standard InChI is InChI=1S/C11H9ClN4S/c12-9-2-1-8(17-9)7-13-10-4-6-16-11(15-10)3-5-14-16/h1-6H,7H2,(H,13,15). The number of aromatic nitrogens is 3. The summed E-state index contributed by atoms with van der Waals surface area (Å²) in [6.45, 7) is 0.731. The third-order valence-corrected chi connectivity index (χ3v) is 3.56. The van der Waals surface area contributed by atoms with E-state index in [1.54, 1.807) is 22.0 Å². The molecule has 0 atom stereocenters. The predicted molar refractivity (Wildman–Crippen MR) is 69.6 cm³/mol. The number of hydrogen-bond donors (Lipinski definition) is 1. The van der Waals surface area contributed by atoms with Crippen LogP contribution < -0.4 is 5.32 Å². The average Bonchev–Trinajstić information content (AvgIpc) is 2.94. The Kier molecular flexibility index (Phi) is 2.70. The van der Waals surface area contributed by atoms with E-state index in [0.29, 0.717) is 0 Å². The van der Waals surface area contributed by atoms with Gasteiger partial charge in [0, 0.05) is 17.1 Å². The summed E-state index contributed by atoms with van der Waals surface area (Å²) in [5.74, 6) is 0.836. The quantitative estimate of drug-likeness (QED) is 0.791. The molecule has 3 rings (SSSR count). The van der Waals surface area contributed by atoms with Crippen LogP contribution in [0.3, 0.4) is 0 Å². The van der Waals surface area contributed by atoms with Gasteiger partial charge in [0.05, 0.1) is 17.1 Å². The molecule has 0 saturated carbocycles. The molecule has 0 aliphatic rings. The molecule has 3 heterocycles. The average molecular weight is 265 g/mol. The smallest absolute Gasteiger partial charge is 0.157 e. The van der Waals surface area contributed by atoms with E-state index in [2.05, 4.69) is 15.4 Å². The van der Waals surface area contributed by atoms with Crippen LogP contribution in [0.4, 0.5) is 5.82 Å². The Morgan fingerprint density at radius 2 is 2.24 bits per heavy atom.